The van der Waals surface area contributed by atoms with E-state index >= 15 is 0 Å². The predicted octanol–water partition coefficient (Wildman–Crippen LogP) is 12.4. The highest BCUT2D eigenvalue weighted by Gasteiger charge is 2.21. The van der Waals surface area contributed by atoms with E-state index in [-0.39, 0.29) is 0 Å². The van der Waals surface area contributed by atoms with Crippen molar-refractivity contribution in [3.63, 3.8) is 0 Å². The first-order valence-corrected chi connectivity index (χ1v) is 16.5. The Bertz CT molecular complexity index is 2820. The second kappa shape index (κ2) is 10.6. The van der Waals surface area contributed by atoms with Crippen molar-refractivity contribution >= 4 is 54.4 Å². The van der Waals surface area contributed by atoms with Crippen LogP contribution in [0.5, 0.6) is 0 Å². The molecule has 0 unspecified atom stereocenters. The SMILES string of the molecule is c1ccc(-c2cccc(-n3c4ccccc4c4cc5ccccc5c(-c5ccc6c7ccccc7n(-c7ccccc7)c6c5)c43)c2)cc1. The van der Waals surface area contributed by atoms with Crippen molar-refractivity contribution in [3.8, 4) is 33.6 Å². The standard InChI is InChI=1S/C46H30N2/c1-3-14-31(15-4-1)32-17-13-20-36(28-32)48-43-25-12-10-23-39(43)41-29-33-16-7-8-21-37(33)45(46(41)48)34-26-27-40-38-22-9-11-24-42(38)47(44(40)30-34)35-18-5-2-6-19-35/h1-30H. The van der Waals surface area contributed by atoms with Crippen LogP contribution in [0.3, 0.4) is 0 Å². The quantitative estimate of drug-likeness (QED) is 0.188. The summed E-state index contributed by atoms with van der Waals surface area (Å²) in [5.74, 6) is 0. The molecule has 0 radical (unpaired) electrons. The lowest BCUT2D eigenvalue weighted by atomic mass is 9.94. The highest BCUT2D eigenvalue weighted by Crippen LogP contribution is 2.44. The maximum Gasteiger partial charge on any atom is 0.0625 e. The fourth-order valence-electron chi connectivity index (χ4n) is 7.79. The van der Waals surface area contributed by atoms with Crippen molar-refractivity contribution < 1.29 is 0 Å². The molecule has 2 aromatic heterocycles. The third-order valence-electron chi connectivity index (χ3n) is 9.87. The molecule has 0 saturated heterocycles. The van der Waals surface area contributed by atoms with E-state index < -0.39 is 0 Å². The van der Waals surface area contributed by atoms with E-state index in [0.29, 0.717) is 0 Å². The predicted molar refractivity (Wildman–Crippen MR) is 203 cm³/mol. The highest BCUT2D eigenvalue weighted by atomic mass is 15.0. The van der Waals surface area contributed by atoms with Gasteiger partial charge < -0.3 is 9.13 Å². The number of para-hydroxylation sites is 3. The summed E-state index contributed by atoms with van der Waals surface area (Å²) in [6.07, 6.45) is 0. The Labute approximate surface area is 278 Å². The molecule has 0 aliphatic rings. The molecule has 10 aromatic rings. The van der Waals surface area contributed by atoms with Gasteiger partial charge in [-0.15, -0.1) is 0 Å². The van der Waals surface area contributed by atoms with E-state index in [4.69, 9.17) is 0 Å². The summed E-state index contributed by atoms with van der Waals surface area (Å²) >= 11 is 0. The maximum atomic E-state index is 2.48. The molecular weight excluding hydrogens is 581 g/mol. The van der Waals surface area contributed by atoms with Gasteiger partial charge in [0, 0.05) is 38.5 Å². The molecule has 0 aliphatic carbocycles. The Hall–Kier alpha value is -6.38. The van der Waals surface area contributed by atoms with Crippen LogP contribution in [0.25, 0.3) is 88.0 Å². The van der Waals surface area contributed by atoms with E-state index in [9.17, 15) is 0 Å². The van der Waals surface area contributed by atoms with Gasteiger partial charge >= 0.3 is 0 Å². The zero-order chi connectivity index (χ0) is 31.6. The molecule has 2 heteroatoms. The first-order valence-electron chi connectivity index (χ1n) is 16.5. The summed E-state index contributed by atoms with van der Waals surface area (Å²) in [5.41, 5.74) is 12.0. The first-order chi connectivity index (χ1) is 23.8. The van der Waals surface area contributed by atoms with Crippen LogP contribution >= 0.6 is 0 Å². The van der Waals surface area contributed by atoms with E-state index in [1.165, 1.54) is 76.6 Å². The zero-order valence-electron chi connectivity index (χ0n) is 26.2. The minimum atomic E-state index is 1.15. The highest BCUT2D eigenvalue weighted by molar-refractivity contribution is 6.22. The maximum absolute atomic E-state index is 2.48. The Balaban J connectivity index is 1.34. The summed E-state index contributed by atoms with van der Waals surface area (Å²) in [4.78, 5) is 0. The third kappa shape index (κ3) is 4.00. The lowest BCUT2D eigenvalue weighted by molar-refractivity contribution is 1.18. The normalized spacial score (nSPS) is 11.8. The molecule has 48 heavy (non-hydrogen) atoms. The van der Waals surface area contributed by atoms with Gasteiger partial charge in [0.2, 0.25) is 0 Å². The molecule has 0 spiro atoms. The van der Waals surface area contributed by atoms with Gasteiger partial charge in [-0.1, -0.05) is 133 Å². The van der Waals surface area contributed by atoms with Gasteiger partial charge in [-0.2, -0.15) is 0 Å². The molecule has 8 aromatic carbocycles. The van der Waals surface area contributed by atoms with Gasteiger partial charge in [0.1, 0.15) is 0 Å². The molecule has 0 amide bonds. The molecule has 2 heterocycles. The number of nitrogens with zero attached hydrogens (tertiary/aromatic N) is 2. The molecule has 10 rings (SSSR count). The van der Waals surface area contributed by atoms with Gasteiger partial charge in [0.25, 0.3) is 0 Å². The van der Waals surface area contributed by atoms with Crippen molar-refractivity contribution in [1.82, 2.24) is 9.13 Å². The largest absolute Gasteiger partial charge is 0.309 e. The van der Waals surface area contributed by atoms with Crippen LogP contribution in [0.2, 0.25) is 0 Å². The molecule has 0 fully saturated rings. The molecule has 0 bridgehead atoms. The third-order valence-corrected chi connectivity index (χ3v) is 9.87. The number of rotatable bonds is 4. The van der Waals surface area contributed by atoms with Crippen molar-refractivity contribution in [2.75, 3.05) is 0 Å². The topological polar surface area (TPSA) is 9.86 Å². The van der Waals surface area contributed by atoms with Crippen molar-refractivity contribution in [1.29, 1.82) is 0 Å². The van der Waals surface area contributed by atoms with Crippen LogP contribution in [-0.4, -0.2) is 9.13 Å². The summed E-state index contributed by atoms with van der Waals surface area (Å²) in [5, 5.41) is 7.51. The number of benzene rings is 8. The second-order valence-corrected chi connectivity index (χ2v) is 12.6. The number of aromatic nitrogens is 2. The fourth-order valence-corrected chi connectivity index (χ4v) is 7.79. The average molecular weight is 611 g/mol. The van der Waals surface area contributed by atoms with E-state index in [1.807, 2.05) is 0 Å². The van der Waals surface area contributed by atoms with Crippen LogP contribution in [0, 0.1) is 0 Å². The lowest BCUT2D eigenvalue weighted by Crippen LogP contribution is -1.97. The summed E-state index contributed by atoms with van der Waals surface area (Å²) < 4.78 is 4.89. The van der Waals surface area contributed by atoms with Gasteiger partial charge in [0.05, 0.1) is 22.1 Å². The summed E-state index contributed by atoms with van der Waals surface area (Å²) in [7, 11) is 0. The lowest BCUT2D eigenvalue weighted by Gasteiger charge is -2.16. The van der Waals surface area contributed by atoms with Crippen LogP contribution in [-0.2, 0) is 0 Å². The molecule has 224 valence electrons. The van der Waals surface area contributed by atoms with Gasteiger partial charge in [0.15, 0.2) is 0 Å². The number of fused-ring (bicyclic) bond motifs is 7. The Morgan fingerprint density at radius 3 is 1.67 bits per heavy atom. The van der Waals surface area contributed by atoms with E-state index in [1.54, 1.807) is 0 Å². The minimum absolute atomic E-state index is 1.15. The number of hydrogen-bond donors (Lipinski definition) is 0. The second-order valence-electron chi connectivity index (χ2n) is 12.6. The van der Waals surface area contributed by atoms with Gasteiger partial charge in [-0.25, -0.2) is 0 Å². The van der Waals surface area contributed by atoms with Crippen LogP contribution in [0.1, 0.15) is 0 Å². The van der Waals surface area contributed by atoms with Crippen LogP contribution < -0.4 is 0 Å². The smallest absolute Gasteiger partial charge is 0.0625 e. The monoisotopic (exact) mass is 610 g/mol. The molecule has 0 aliphatic heterocycles. The molecule has 0 saturated carbocycles. The molecule has 2 nitrogen and oxygen atoms in total. The van der Waals surface area contributed by atoms with Crippen molar-refractivity contribution in [2.24, 2.45) is 0 Å². The Morgan fingerprint density at radius 1 is 0.292 bits per heavy atom. The van der Waals surface area contributed by atoms with Crippen LogP contribution in [0.4, 0.5) is 0 Å². The van der Waals surface area contributed by atoms with E-state index in [2.05, 4.69) is 191 Å². The zero-order valence-corrected chi connectivity index (χ0v) is 26.2. The fraction of sp³-hybridized carbons (Fsp3) is 0. The molecule has 0 atom stereocenters. The number of hydrogen-bond acceptors (Lipinski definition) is 0. The van der Waals surface area contributed by atoms with Gasteiger partial charge in [-0.05, 0) is 76.0 Å². The first kappa shape index (κ1) is 26.8. The summed E-state index contributed by atoms with van der Waals surface area (Å²) in [6.45, 7) is 0. The molecule has 0 N–H and O–H groups in total. The summed E-state index contributed by atoms with van der Waals surface area (Å²) in [6, 6.07) is 66.2. The Kier molecular flexibility index (Phi) is 5.91. The van der Waals surface area contributed by atoms with Gasteiger partial charge in [-0.3, -0.25) is 0 Å². The average Bonchev–Trinajstić information content (AvgIpc) is 3.67. The minimum Gasteiger partial charge on any atom is -0.309 e. The van der Waals surface area contributed by atoms with Crippen LogP contribution in [0.15, 0.2) is 182 Å². The van der Waals surface area contributed by atoms with Crippen molar-refractivity contribution in [2.45, 2.75) is 0 Å². The Morgan fingerprint density at radius 2 is 0.875 bits per heavy atom. The van der Waals surface area contributed by atoms with E-state index in [0.717, 1.165) is 11.4 Å². The van der Waals surface area contributed by atoms with Crippen molar-refractivity contribution in [3.05, 3.63) is 182 Å². The molecular formula is C46H30N2.